The quantitative estimate of drug-likeness (QED) is 0.850. The van der Waals surface area contributed by atoms with Crippen LogP contribution in [0.5, 0.6) is 11.5 Å². The summed E-state index contributed by atoms with van der Waals surface area (Å²) in [5.74, 6) is 1.79. The van der Waals surface area contributed by atoms with Gasteiger partial charge in [0.15, 0.2) is 0 Å². The van der Waals surface area contributed by atoms with Crippen LogP contribution in [0, 0.1) is 0 Å². The molecule has 0 unspecified atom stereocenters. The van der Waals surface area contributed by atoms with Crippen molar-refractivity contribution in [2.45, 2.75) is 38.9 Å². The number of hydrogen-bond acceptors (Lipinski definition) is 3. The van der Waals surface area contributed by atoms with E-state index in [1.165, 1.54) is 16.7 Å². The highest BCUT2D eigenvalue weighted by molar-refractivity contribution is 5.48. The van der Waals surface area contributed by atoms with E-state index in [1.807, 2.05) is 6.07 Å². The summed E-state index contributed by atoms with van der Waals surface area (Å²) >= 11 is 0. The van der Waals surface area contributed by atoms with Crippen molar-refractivity contribution in [3.05, 3.63) is 59.2 Å². The first kappa shape index (κ1) is 15.9. The fourth-order valence-corrected chi connectivity index (χ4v) is 3.37. The molecular formula is C20H25NO2. The molecule has 2 aromatic rings. The maximum Gasteiger partial charge on any atom is 0.127 e. The largest absolute Gasteiger partial charge is 0.497 e. The minimum Gasteiger partial charge on any atom is -0.497 e. The van der Waals surface area contributed by atoms with E-state index < -0.39 is 0 Å². The van der Waals surface area contributed by atoms with Crippen LogP contribution in [0.1, 0.15) is 30.5 Å². The van der Waals surface area contributed by atoms with Gasteiger partial charge in [-0.2, -0.15) is 0 Å². The maximum atomic E-state index is 5.62. The molecule has 3 heteroatoms. The predicted octanol–water partition coefficient (Wildman–Crippen LogP) is 4.04. The van der Waals surface area contributed by atoms with E-state index in [4.69, 9.17) is 9.47 Å². The Labute approximate surface area is 138 Å². The van der Waals surface area contributed by atoms with Crippen molar-refractivity contribution in [2.24, 2.45) is 0 Å². The molecule has 0 N–H and O–H groups in total. The van der Waals surface area contributed by atoms with Gasteiger partial charge >= 0.3 is 0 Å². The summed E-state index contributed by atoms with van der Waals surface area (Å²) in [7, 11) is 3.44. The van der Waals surface area contributed by atoms with Crippen LogP contribution in [0.15, 0.2) is 42.5 Å². The average Bonchev–Trinajstić information content (AvgIpc) is 2.55. The van der Waals surface area contributed by atoms with Crippen molar-refractivity contribution in [2.75, 3.05) is 14.2 Å². The molecule has 0 radical (unpaired) electrons. The van der Waals surface area contributed by atoms with Crippen LogP contribution in [-0.4, -0.2) is 24.7 Å². The minimum atomic E-state index is 0.0974. The zero-order chi connectivity index (χ0) is 16.4. The van der Waals surface area contributed by atoms with Gasteiger partial charge < -0.3 is 9.47 Å². The van der Waals surface area contributed by atoms with Crippen LogP contribution in [0.4, 0.5) is 0 Å². The van der Waals surface area contributed by atoms with Gasteiger partial charge in [-0.3, -0.25) is 4.90 Å². The lowest BCUT2D eigenvalue weighted by Crippen LogP contribution is -2.47. The first-order valence-corrected chi connectivity index (χ1v) is 8.06. The molecule has 0 bridgehead atoms. The zero-order valence-electron chi connectivity index (χ0n) is 14.4. The van der Waals surface area contributed by atoms with E-state index in [1.54, 1.807) is 14.2 Å². The van der Waals surface area contributed by atoms with Crippen LogP contribution in [0.3, 0.4) is 0 Å². The number of hydrogen-bond donors (Lipinski definition) is 0. The lowest BCUT2D eigenvalue weighted by molar-refractivity contribution is 0.0874. The lowest BCUT2D eigenvalue weighted by atomic mass is 9.84. The molecule has 122 valence electrons. The second-order valence-electron chi connectivity index (χ2n) is 6.80. The van der Waals surface area contributed by atoms with Gasteiger partial charge in [0.2, 0.25) is 0 Å². The highest BCUT2D eigenvalue weighted by atomic mass is 16.5. The molecule has 1 aliphatic rings. The summed E-state index contributed by atoms with van der Waals surface area (Å²) in [5.41, 5.74) is 4.05. The molecular weight excluding hydrogens is 286 g/mol. The Morgan fingerprint density at radius 1 is 1.04 bits per heavy atom. The summed E-state index contributed by atoms with van der Waals surface area (Å²) in [6.45, 7) is 6.46. The van der Waals surface area contributed by atoms with Crippen molar-refractivity contribution in [3.63, 3.8) is 0 Å². The second kappa shape index (κ2) is 6.25. The van der Waals surface area contributed by atoms with E-state index in [-0.39, 0.29) is 5.54 Å². The van der Waals surface area contributed by atoms with Gasteiger partial charge in [0, 0.05) is 30.3 Å². The van der Waals surface area contributed by atoms with Gasteiger partial charge in [-0.15, -0.1) is 0 Å². The topological polar surface area (TPSA) is 21.7 Å². The molecule has 0 aromatic heterocycles. The van der Waals surface area contributed by atoms with E-state index in [9.17, 15) is 0 Å². The fraction of sp³-hybridized carbons (Fsp3) is 0.400. The lowest BCUT2D eigenvalue weighted by Gasteiger charge is -2.44. The van der Waals surface area contributed by atoms with Gasteiger partial charge in [-0.05, 0) is 37.5 Å². The molecule has 0 amide bonds. The average molecular weight is 311 g/mol. The molecule has 0 spiro atoms. The van der Waals surface area contributed by atoms with Crippen LogP contribution >= 0.6 is 0 Å². The third-order valence-electron chi connectivity index (χ3n) is 4.77. The molecule has 0 saturated carbocycles. The van der Waals surface area contributed by atoms with Gasteiger partial charge in [-0.1, -0.05) is 30.3 Å². The molecule has 0 atom stereocenters. The van der Waals surface area contributed by atoms with Crippen LogP contribution in [0.2, 0.25) is 0 Å². The smallest absolute Gasteiger partial charge is 0.127 e. The third-order valence-corrected chi connectivity index (χ3v) is 4.77. The third kappa shape index (κ3) is 3.20. The highest BCUT2D eigenvalue weighted by Crippen LogP contribution is 2.38. The standard InChI is InChI=1S/C20H25NO2/c1-20(2)12-16-10-17(22-3)11-19(23-4)18(16)14-21(20)13-15-8-6-5-7-9-15/h5-11H,12-14H2,1-4H3. The normalized spacial score (nSPS) is 16.7. The number of fused-ring (bicyclic) bond motifs is 1. The van der Waals surface area contributed by atoms with Crippen LogP contribution < -0.4 is 9.47 Å². The maximum absolute atomic E-state index is 5.62. The first-order valence-electron chi connectivity index (χ1n) is 8.06. The SMILES string of the molecule is COc1cc2c(c(OC)c1)CN(Cc1ccccc1)C(C)(C)C2. The summed E-state index contributed by atoms with van der Waals surface area (Å²) in [5, 5.41) is 0. The number of methoxy groups -OCH3 is 2. The van der Waals surface area contributed by atoms with Gasteiger partial charge in [0.05, 0.1) is 14.2 Å². The predicted molar refractivity (Wildman–Crippen MR) is 93.0 cm³/mol. The highest BCUT2D eigenvalue weighted by Gasteiger charge is 2.34. The molecule has 0 fully saturated rings. The Hall–Kier alpha value is -2.00. The molecule has 1 heterocycles. The van der Waals surface area contributed by atoms with Crippen molar-refractivity contribution in [3.8, 4) is 11.5 Å². The van der Waals surface area contributed by atoms with E-state index >= 15 is 0 Å². The van der Waals surface area contributed by atoms with Gasteiger partial charge in [0.1, 0.15) is 11.5 Å². The molecule has 3 rings (SSSR count). The number of benzene rings is 2. The van der Waals surface area contributed by atoms with Crippen molar-refractivity contribution < 1.29 is 9.47 Å². The van der Waals surface area contributed by atoms with E-state index in [2.05, 4.69) is 55.1 Å². The Morgan fingerprint density at radius 3 is 2.43 bits per heavy atom. The summed E-state index contributed by atoms with van der Waals surface area (Å²) in [6, 6.07) is 14.8. The fourth-order valence-electron chi connectivity index (χ4n) is 3.37. The summed E-state index contributed by atoms with van der Waals surface area (Å²) in [6.07, 6.45) is 0.989. The molecule has 0 aliphatic carbocycles. The Bertz CT molecular complexity index is 680. The van der Waals surface area contributed by atoms with Crippen molar-refractivity contribution in [1.29, 1.82) is 0 Å². The minimum absolute atomic E-state index is 0.0974. The van der Waals surface area contributed by atoms with Crippen LogP contribution in [-0.2, 0) is 19.5 Å². The molecule has 0 saturated heterocycles. The monoisotopic (exact) mass is 311 g/mol. The van der Waals surface area contributed by atoms with Crippen molar-refractivity contribution in [1.82, 2.24) is 4.90 Å². The number of rotatable bonds is 4. The molecule has 23 heavy (non-hydrogen) atoms. The Balaban J connectivity index is 1.94. The van der Waals surface area contributed by atoms with Crippen molar-refractivity contribution >= 4 is 0 Å². The summed E-state index contributed by atoms with van der Waals surface area (Å²) in [4.78, 5) is 2.53. The molecule has 3 nitrogen and oxygen atoms in total. The zero-order valence-corrected chi connectivity index (χ0v) is 14.4. The summed E-state index contributed by atoms with van der Waals surface area (Å²) < 4.78 is 11.0. The van der Waals surface area contributed by atoms with Gasteiger partial charge in [-0.25, -0.2) is 0 Å². The van der Waals surface area contributed by atoms with E-state index in [0.717, 1.165) is 31.0 Å². The number of ether oxygens (including phenoxy) is 2. The Kier molecular flexibility index (Phi) is 4.31. The van der Waals surface area contributed by atoms with Gasteiger partial charge in [0.25, 0.3) is 0 Å². The molecule has 1 aliphatic heterocycles. The first-order chi connectivity index (χ1) is 11.0. The number of nitrogens with zero attached hydrogens (tertiary/aromatic N) is 1. The van der Waals surface area contributed by atoms with Crippen LogP contribution in [0.25, 0.3) is 0 Å². The Morgan fingerprint density at radius 2 is 1.78 bits per heavy atom. The molecule has 2 aromatic carbocycles. The van der Waals surface area contributed by atoms with E-state index in [0.29, 0.717) is 0 Å². The second-order valence-corrected chi connectivity index (χ2v) is 6.80.